The van der Waals surface area contributed by atoms with Gasteiger partial charge in [-0.2, -0.15) is 4.31 Å². The molecule has 0 bridgehead atoms. The van der Waals surface area contributed by atoms with E-state index in [2.05, 4.69) is 5.32 Å². The summed E-state index contributed by atoms with van der Waals surface area (Å²) in [4.78, 5) is 24.8. The molecule has 0 spiro atoms. The van der Waals surface area contributed by atoms with Gasteiger partial charge in [0.25, 0.3) is 0 Å². The lowest BCUT2D eigenvalue weighted by Gasteiger charge is -2.18. The first-order valence-corrected chi connectivity index (χ1v) is 11.1. The molecule has 7 heteroatoms. The summed E-state index contributed by atoms with van der Waals surface area (Å²) in [6.45, 7) is 8.16. The van der Waals surface area contributed by atoms with E-state index in [1.54, 1.807) is 26.0 Å². The van der Waals surface area contributed by atoms with E-state index in [0.29, 0.717) is 24.3 Å². The van der Waals surface area contributed by atoms with E-state index >= 15 is 0 Å². The summed E-state index contributed by atoms with van der Waals surface area (Å²) in [5.74, 6) is -0.356. The number of hydrogen-bond acceptors (Lipinski definition) is 4. The molecule has 0 radical (unpaired) electrons. The summed E-state index contributed by atoms with van der Waals surface area (Å²) in [5.41, 5.74) is 3.03. The smallest absolute Gasteiger partial charge is 0.243 e. The highest BCUT2D eigenvalue weighted by atomic mass is 32.2. The molecular weight excluding hydrogens is 388 g/mol. The minimum atomic E-state index is -3.53. The van der Waals surface area contributed by atoms with E-state index in [-0.39, 0.29) is 29.4 Å². The fourth-order valence-electron chi connectivity index (χ4n) is 3.04. The van der Waals surface area contributed by atoms with E-state index in [1.807, 2.05) is 32.0 Å². The van der Waals surface area contributed by atoms with Crippen LogP contribution in [0.5, 0.6) is 0 Å². The minimum absolute atomic E-state index is 0.0612. The molecule has 2 aromatic rings. The van der Waals surface area contributed by atoms with Crippen LogP contribution < -0.4 is 5.32 Å². The summed E-state index contributed by atoms with van der Waals surface area (Å²) in [7, 11) is -3.53. The number of amides is 1. The molecule has 1 amide bonds. The molecule has 0 fully saturated rings. The summed E-state index contributed by atoms with van der Waals surface area (Å²) in [5, 5.41) is 2.71. The second kappa shape index (κ2) is 9.80. The average Bonchev–Trinajstić information content (AvgIpc) is 2.69. The second-order valence-corrected chi connectivity index (χ2v) is 8.84. The molecule has 29 heavy (non-hydrogen) atoms. The number of carbonyl (C=O) groups is 2. The summed E-state index contributed by atoms with van der Waals surface area (Å²) in [6, 6.07) is 11.8. The Balaban J connectivity index is 1.97. The third-order valence-corrected chi connectivity index (χ3v) is 6.82. The van der Waals surface area contributed by atoms with Crippen molar-refractivity contribution < 1.29 is 18.0 Å². The Morgan fingerprint density at radius 1 is 0.931 bits per heavy atom. The predicted octanol–water partition coefficient (Wildman–Crippen LogP) is 3.94. The molecular formula is C22H28N2O4S. The number of carbonyl (C=O) groups excluding carboxylic acids is 2. The molecule has 156 valence electrons. The van der Waals surface area contributed by atoms with Crippen LogP contribution in [0, 0.1) is 13.8 Å². The molecule has 2 rings (SSSR count). The summed E-state index contributed by atoms with van der Waals surface area (Å²) >= 11 is 0. The van der Waals surface area contributed by atoms with Crippen LogP contribution in [0.15, 0.2) is 47.4 Å². The van der Waals surface area contributed by atoms with Crippen LogP contribution in [0.2, 0.25) is 0 Å². The van der Waals surface area contributed by atoms with Crippen LogP contribution in [0.3, 0.4) is 0 Å². The number of Topliss-reactive ketones (excluding diaryl/α,β-unsaturated/α-hetero) is 1. The van der Waals surface area contributed by atoms with Crippen molar-refractivity contribution in [1.29, 1.82) is 0 Å². The van der Waals surface area contributed by atoms with Gasteiger partial charge in [0.05, 0.1) is 4.90 Å². The van der Waals surface area contributed by atoms with Gasteiger partial charge in [0, 0.05) is 37.2 Å². The molecule has 0 aromatic heterocycles. The third-order valence-electron chi connectivity index (χ3n) is 4.75. The first-order valence-electron chi connectivity index (χ1n) is 9.69. The molecule has 0 aliphatic carbocycles. The number of anilines is 1. The lowest BCUT2D eigenvalue weighted by Crippen LogP contribution is -2.30. The van der Waals surface area contributed by atoms with Crippen molar-refractivity contribution in [2.45, 2.75) is 45.4 Å². The number of hydrogen-bond donors (Lipinski definition) is 1. The van der Waals surface area contributed by atoms with E-state index in [4.69, 9.17) is 0 Å². The van der Waals surface area contributed by atoms with Gasteiger partial charge >= 0.3 is 0 Å². The Kier molecular flexibility index (Phi) is 7.70. The van der Waals surface area contributed by atoms with Crippen LogP contribution in [0.1, 0.15) is 48.2 Å². The molecule has 0 atom stereocenters. The number of nitrogens with zero attached hydrogens (tertiary/aromatic N) is 1. The molecule has 0 unspecified atom stereocenters. The van der Waals surface area contributed by atoms with Crippen molar-refractivity contribution in [2.75, 3.05) is 18.4 Å². The zero-order valence-electron chi connectivity index (χ0n) is 17.4. The van der Waals surface area contributed by atoms with Crippen molar-refractivity contribution in [3.05, 3.63) is 59.2 Å². The molecule has 0 aliphatic rings. The molecule has 0 heterocycles. The fourth-order valence-corrected chi connectivity index (χ4v) is 4.50. The maximum absolute atomic E-state index is 12.5. The van der Waals surface area contributed by atoms with Crippen molar-refractivity contribution in [3.63, 3.8) is 0 Å². The Bertz CT molecular complexity index is 978. The maximum atomic E-state index is 12.5. The molecule has 1 N–H and O–H groups in total. The van der Waals surface area contributed by atoms with Gasteiger partial charge in [-0.3, -0.25) is 9.59 Å². The highest BCUT2D eigenvalue weighted by Crippen LogP contribution is 2.19. The molecule has 0 saturated heterocycles. The Labute approximate surface area is 173 Å². The molecule has 6 nitrogen and oxygen atoms in total. The minimum Gasteiger partial charge on any atom is -0.326 e. The number of sulfonamides is 1. The zero-order valence-corrected chi connectivity index (χ0v) is 18.2. The first-order chi connectivity index (χ1) is 13.7. The predicted molar refractivity (Wildman–Crippen MR) is 115 cm³/mol. The quantitative estimate of drug-likeness (QED) is 0.628. The van der Waals surface area contributed by atoms with E-state index in [1.165, 1.54) is 16.4 Å². The molecule has 2 aromatic carbocycles. The van der Waals surface area contributed by atoms with Crippen molar-refractivity contribution in [1.82, 2.24) is 4.31 Å². The van der Waals surface area contributed by atoms with Gasteiger partial charge in [-0.1, -0.05) is 31.5 Å². The third kappa shape index (κ3) is 5.74. The van der Waals surface area contributed by atoms with Gasteiger partial charge < -0.3 is 5.32 Å². The van der Waals surface area contributed by atoms with Gasteiger partial charge in [-0.05, 0) is 49.7 Å². The fraction of sp³-hybridized carbons (Fsp3) is 0.364. The van der Waals surface area contributed by atoms with Crippen LogP contribution in [0.4, 0.5) is 5.69 Å². The van der Waals surface area contributed by atoms with Crippen molar-refractivity contribution in [3.8, 4) is 0 Å². The highest BCUT2D eigenvalue weighted by Gasteiger charge is 2.21. The Morgan fingerprint density at radius 2 is 1.55 bits per heavy atom. The van der Waals surface area contributed by atoms with Crippen LogP contribution in [-0.2, 0) is 14.8 Å². The van der Waals surface area contributed by atoms with Crippen molar-refractivity contribution >= 4 is 27.4 Å². The van der Waals surface area contributed by atoms with Gasteiger partial charge in [0.15, 0.2) is 5.78 Å². The lowest BCUT2D eigenvalue weighted by molar-refractivity contribution is -0.116. The summed E-state index contributed by atoms with van der Waals surface area (Å²) in [6.07, 6.45) is 0.177. The molecule has 0 saturated carbocycles. The maximum Gasteiger partial charge on any atom is 0.243 e. The van der Waals surface area contributed by atoms with Gasteiger partial charge in [0.2, 0.25) is 15.9 Å². The topological polar surface area (TPSA) is 83.6 Å². The Morgan fingerprint density at radius 3 is 2.14 bits per heavy atom. The van der Waals surface area contributed by atoms with Crippen LogP contribution >= 0.6 is 0 Å². The number of benzene rings is 2. The zero-order chi connectivity index (χ0) is 21.6. The van der Waals surface area contributed by atoms with E-state index < -0.39 is 10.0 Å². The van der Waals surface area contributed by atoms with E-state index in [0.717, 1.165) is 11.1 Å². The first kappa shape index (κ1) is 22.8. The normalized spacial score (nSPS) is 11.5. The van der Waals surface area contributed by atoms with Crippen LogP contribution in [-0.4, -0.2) is 37.5 Å². The number of nitrogens with one attached hydrogen (secondary N) is 1. The van der Waals surface area contributed by atoms with Gasteiger partial charge in [0.1, 0.15) is 0 Å². The average molecular weight is 417 g/mol. The lowest BCUT2D eigenvalue weighted by atomic mass is 9.99. The number of ketones is 1. The SMILES string of the molecule is CCN(CC)S(=O)(=O)c1ccc(NC(=O)CCC(=O)c2cc(C)ccc2C)cc1. The number of aryl methyl sites for hydroxylation is 2. The highest BCUT2D eigenvalue weighted by molar-refractivity contribution is 7.89. The van der Waals surface area contributed by atoms with Gasteiger partial charge in [-0.25, -0.2) is 8.42 Å². The van der Waals surface area contributed by atoms with E-state index in [9.17, 15) is 18.0 Å². The largest absolute Gasteiger partial charge is 0.326 e. The Hall–Kier alpha value is -2.51. The standard InChI is InChI=1S/C22H28N2O4S/c1-5-24(6-2)29(27,28)19-11-9-18(10-12-19)23-22(26)14-13-21(25)20-15-16(3)7-8-17(20)4/h7-12,15H,5-6,13-14H2,1-4H3,(H,23,26). The summed E-state index contributed by atoms with van der Waals surface area (Å²) < 4.78 is 26.4. The molecule has 0 aliphatic heterocycles. The van der Waals surface area contributed by atoms with Crippen molar-refractivity contribution in [2.24, 2.45) is 0 Å². The van der Waals surface area contributed by atoms with Gasteiger partial charge in [-0.15, -0.1) is 0 Å². The van der Waals surface area contributed by atoms with Crippen LogP contribution in [0.25, 0.3) is 0 Å². The second-order valence-electron chi connectivity index (χ2n) is 6.90. The monoisotopic (exact) mass is 416 g/mol. The number of rotatable bonds is 9.